The minimum Gasteiger partial charge on any atom is -0.481 e. The van der Waals surface area contributed by atoms with Crippen LogP contribution in [0.4, 0.5) is 11.4 Å². The van der Waals surface area contributed by atoms with E-state index < -0.39 is 10.9 Å². The van der Waals surface area contributed by atoms with Crippen LogP contribution in [0.15, 0.2) is 18.2 Å². The molecule has 9 heteroatoms. The molecule has 0 spiro atoms. The number of nitrogens with zero attached hydrogens (tertiary/aromatic N) is 2. The Kier molecular flexibility index (Phi) is 7.12. The van der Waals surface area contributed by atoms with Crippen molar-refractivity contribution in [1.29, 1.82) is 0 Å². The van der Waals surface area contributed by atoms with Gasteiger partial charge >= 0.3 is 5.97 Å². The van der Waals surface area contributed by atoms with Crippen LogP contribution in [-0.2, 0) is 9.59 Å². The fourth-order valence-electron chi connectivity index (χ4n) is 2.61. The molecule has 1 aliphatic heterocycles. The first kappa shape index (κ1) is 19.9. The van der Waals surface area contributed by atoms with Gasteiger partial charge in [-0.25, -0.2) is 0 Å². The molecule has 0 radical (unpaired) electrons. The predicted molar refractivity (Wildman–Crippen MR) is 90.5 cm³/mol. The molecule has 0 aromatic heterocycles. The Balaban J connectivity index is 0.00000288. The van der Waals surface area contributed by atoms with Gasteiger partial charge in [0.1, 0.15) is 0 Å². The minimum atomic E-state index is -0.793. The summed E-state index contributed by atoms with van der Waals surface area (Å²) in [5.41, 5.74) is 1.15. The number of non-ortho nitro benzene ring substituents is 1. The lowest BCUT2D eigenvalue weighted by Crippen LogP contribution is -2.27. The summed E-state index contributed by atoms with van der Waals surface area (Å²) in [4.78, 5) is 35.0. The zero-order valence-corrected chi connectivity index (χ0v) is 14.0. The highest BCUT2D eigenvalue weighted by molar-refractivity contribution is 5.91. The number of nitro benzene ring substituents is 1. The van der Waals surface area contributed by atoms with Gasteiger partial charge in [0.15, 0.2) is 0 Å². The average molecular weight is 358 g/mol. The number of carboxylic acids is 1. The number of anilines is 1. The Morgan fingerprint density at radius 3 is 2.71 bits per heavy atom. The van der Waals surface area contributed by atoms with Gasteiger partial charge in [-0.2, -0.15) is 0 Å². The molecule has 1 heterocycles. The SMILES string of the molecule is Cc1cc([N+](=O)[O-])ccc1NC(=O)CCN1CCC(C(=O)O)C1.Cl. The van der Waals surface area contributed by atoms with Crippen molar-refractivity contribution in [2.45, 2.75) is 19.8 Å². The quantitative estimate of drug-likeness (QED) is 0.595. The Morgan fingerprint density at radius 1 is 1.46 bits per heavy atom. The first-order valence-corrected chi connectivity index (χ1v) is 7.37. The molecule has 0 bridgehead atoms. The van der Waals surface area contributed by atoms with Gasteiger partial charge in [0.25, 0.3) is 5.69 Å². The van der Waals surface area contributed by atoms with Crippen molar-refractivity contribution in [3.05, 3.63) is 33.9 Å². The van der Waals surface area contributed by atoms with Crippen molar-refractivity contribution >= 4 is 35.7 Å². The summed E-state index contributed by atoms with van der Waals surface area (Å²) in [6, 6.07) is 4.27. The van der Waals surface area contributed by atoms with Crippen LogP contribution >= 0.6 is 12.4 Å². The number of rotatable bonds is 6. The topological polar surface area (TPSA) is 113 Å². The summed E-state index contributed by atoms with van der Waals surface area (Å²) in [6.07, 6.45) is 0.862. The average Bonchev–Trinajstić information content (AvgIpc) is 2.96. The van der Waals surface area contributed by atoms with E-state index in [1.807, 2.05) is 4.90 Å². The third kappa shape index (κ3) is 5.17. The molecule has 1 aromatic rings. The summed E-state index contributed by atoms with van der Waals surface area (Å²) in [5, 5.41) is 22.4. The molecule has 24 heavy (non-hydrogen) atoms. The van der Waals surface area contributed by atoms with Crippen LogP contribution in [0.2, 0.25) is 0 Å². The highest BCUT2D eigenvalue weighted by Crippen LogP contribution is 2.21. The number of benzene rings is 1. The molecule has 2 N–H and O–H groups in total. The van der Waals surface area contributed by atoms with E-state index in [1.54, 1.807) is 6.92 Å². The molecule has 1 amide bonds. The smallest absolute Gasteiger partial charge is 0.307 e. The Bertz CT molecular complexity index is 638. The standard InChI is InChI=1S/C15H19N3O5.ClH/c1-10-8-12(18(22)23)2-3-13(10)16-14(19)5-7-17-6-4-11(9-17)15(20)21;/h2-3,8,11H,4-7,9H2,1H3,(H,16,19)(H,20,21);1H. The van der Waals surface area contributed by atoms with E-state index in [0.29, 0.717) is 37.3 Å². The van der Waals surface area contributed by atoms with Gasteiger partial charge in [0.2, 0.25) is 5.91 Å². The molecule has 1 aliphatic rings. The molecule has 132 valence electrons. The predicted octanol–water partition coefficient (Wildman–Crippen LogP) is 2.06. The van der Waals surface area contributed by atoms with Crippen molar-refractivity contribution in [1.82, 2.24) is 4.90 Å². The summed E-state index contributed by atoms with van der Waals surface area (Å²) in [5.74, 6) is -1.34. The fraction of sp³-hybridized carbons (Fsp3) is 0.467. The molecule has 1 unspecified atom stereocenters. The van der Waals surface area contributed by atoms with Gasteiger partial charge in [-0.1, -0.05) is 0 Å². The van der Waals surface area contributed by atoms with Gasteiger partial charge in [-0.3, -0.25) is 19.7 Å². The van der Waals surface area contributed by atoms with Crippen LogP contribution < -0.4 is 5.32 Å². The number of aryl methyl sites for hydroxylation is 1. The van der Waals surface area contributed by atoms with E-state index in [0.717, 1.165) is 0 Å². The summed E-state index contributed by atoms with van der Waals surface area (Å²) in [7, 11) is 0. The highest BCUT2D eigenvalue weighted by atomic mass is 35.5. The van der Waals surface area contributed by atoms with Gasteiger partial charge < -0.3 is 15.3 Å². The zero-order chi connectivity index (χ0) is 17.0. The van der Waals surface area contributed by atoms with Crippen LogP contribution in [0.1, 0.15) is 18.4 Å². The molecule has 0 saturated carbocycles. The number of hydrogen-bond donors (Lipinski definition) is 2. The first-order chi connectivity index (χ1) is 10.9. The lowest BCUT2D eigenvalue weighted by molar-refractivity contribution is -0.384. The van der Waals surface area contributed by atoms with Crippen LogP contribution in [0, 0.1) is 23.0 Å². The van der Waals surface area contributed by atoms with E-state index in [4.69, 9.17) is 5.11 Å². The molecule has 0 aliphatic carbocycles. The largest absolute Gasteiger partial charge is 0.481 e. The van der Waals surface area contributed by atoms with Crippen LogP contribution in [-0.4, -0.2) is 46.4 Å². The van der Waals surface area contributed by atoms with Crippen molar-refractivity contribution in [3.63, 3.8) is 0 Å². The fourth-order valence-corrected chi connectivity index (χ4v) is 2.61. The third-order valence-electron chi connectivity index (χ3n) is 3.97. The monoisotopic (exact) mass is 357 g/mol. The number of likely N-dealkylation sites (tertiary alicyclic amines) is 1. The van der Waals surface area contributed by atoms with Crippen molar-refractivity contribution < 1.29 is 19.6 Å². The number of carbonyl (C=O) groups excluding carboxylic acids is 1. The Hall–Kier alpha value is -2.19. The van der Waals surface area contributed by atoms with Crippen LogP contribution in [0.5, 0.6) is 0 Å². The molecule has 1 atom stereocenters. The van der Waals surface area contributed by atoms with E-state index in [2.05, 4.69) is 5.32 Å². The number of halogens is 1. The number of nitro groups is 1. The van der Waals surface area contributed by atoms with Gasteiger partial charge in [0.05, 0.1) is 10.8 Å². The number of carbonyl (C=O) groups is 2. The summed E-state index contributed by atoms with van der Waals surface area (Å²) < 4.78 is 0. The maximum atomic E-state index is 12.0. The van der Waals surface area contributed by atoms with E-state index in [9.17, 15) is 19.7 Å². The number of hydrogen-bond acceptors (Lipinski definition) is 5. The first-order valence-electron chi connectivity index (χ1n) is 7.37. The maximum Gasteiger partial charge on any atom is 0.307 e. The molecular formula is C15H20ClN3O5. The minimum absolute atomic E-state index is 0. The number of carboxylic acid groups (broad SMARTS) is 1. The molecule has 1 fully saturated rings. The highest BCUT2D eigenvalue weighted by Gasteiger charge is 2.27. The second-order valence-corrected chi connectivity index (χ2v) is 5.68. The number of nitrogens with one attached hydrogen (secondary N) is 1. The van der Waals surface area contributed by atoms with E-state index in [-0.39, 0.29) is 36.3 Å². The van der Waals surface area contributed by atoms with E-state index in [1.165, 1.54) is 18.2 Å². The zero-order valence-electron chi connectivity index (χ0n) is 13.2. The molecule has 1 saturated heterocycles. The number of aliphatic carboxylic acids is 1. The summed E-state index contributed by atoms with van der Waals surface area (Å²) in [6.45, 7) is 3.35. The van der Waals surface area contributed by atoms with Gasteiger partial charge in [0, 0.05) is 37.3 Å². The Labute approximate surface area is 145 Å². The van der Waals surface area contributed by atoms with Gasteiger partial charge in [-0.15, -0.1) is 12.4 Å². The molecule has 8 nitrogen and oxygen atoms in total. The molecular weight excluding hydrogens is 338 g/mol. The second kappa shape index (κ2) is 8.60. The molecule has 2 rings (SSSR count). The maximum absolute atomic E-state index is 12.0. The van der Waals surface area contributed by atoms with Crippen molar-refractivity contribution in [3.8, 4) is 0 Å². The van der Waals surface area contributed by atoms with Crippen molar-refractivity contribution in [2.75, 3.05) is 25.0 Å². The lowest BCUT2D eigenvalue weighted by atomic mass is 10.1. The lowest BCUT2D eigenvalue weighted by Gasteiger charge is -2.15. The number of amides is 1. The van der Waals surface area contributed by atoms with E-state index >= 15 is 0 Å². The normalized spacial score (nSPS) is 17.1. The van der Waals surface area contributed by atoms with Crippen LogP contribution in [0.25, 0.3) is 0 Å². The van der Waals surface area contributed by atoms with Crippen LogP contribution in [0.3, 0.4) is 0 Å². The second-order valence-electron chi connectivity index (χ2n) is 5.68. The van der Waals surface area contributed by atoms with Crippen molar-refractivity contribution in [2.24, 2.45) is 5.92 Å². The third-order valence-corrected chi connectivity index (χ3v) is 3.97. The Morgan fingerprint density at radius 2 is 2.17 bits per heavy atom. The molecule has 1 aromatic carbocycles. The van der Waals surface area contributed by atoms with Gasteiger partial charge in [-0.05, 0) is 31.5 Å². The summed E-state index contributed by atoms with van der Waals surface area (Å²) >= 11 is 0.